The van der Waals surface area contributed by atoms with Gasteiger partial charge in [-0.3, -0.25) is 4.79 Å². The number of methoxy groups -OCH3 is 1. The molecule has 0 spiro atoms. The van der Waals surface area contributed by atoms with Gasteiger partial charge in [0.1, 0.15) is 5.75 Å². The van der Waals surface area contributed by atoms with Crippen LogP contribution < -0.4 is 10.1 Å². The fraction of sp³-hybridized carbons (Fsp3) is 0.300. The molecule has 0 saturated heterocycles. The largest absolute Gasteiger partial charge is 0.497 e. The van der Waals surface area contributed by atoms with Gasteiger partial charge in [0.25, 0.3) is 5.91 Å². The Labute approximate surface area is 148 Å². The van der Waals surface area contributed by atoms with E-state index in [0.29, 0.717) is 17.9 Å². The summed E-state index contributed by atoms with van der Waals surface area (Å²) in [6.07, 6.45) is 0.980. The van der Waals surface area contributed by atoms with Crippen LogP contribution in [0.3, 0.4) is 0 Å². The average Bonchev–Trinajstić information content (AvgIpc) is 2.64. The topological polar surface area (TPSA) is 64.6 Å². The zero-order valence-corrected chi connectivity index (χ0v) is 14.8. The van der Waals surface area contributed by atoms with Gasteiger partial charge in [-0.25, -0.2) is 4.79 Å². The molecule has 0 unspecified atom stereocenters. The SMILES string of the molecule is CCc1ccc(CNC(=O)COC(=O)c2ccc(OC)cc2C)cc1. The predicted octanol–water partition coefficient (Wildman–Crippen LogP) is 3.04. The van der Waals surface area contributed by atoms with Gasteiger partial charge in [0.15, 0.2) is 6.61 Å². The molecule has 0 aliphatic rings. The highest BCUT2D eigenvalue weighted by atomic mass is 16.5. The summed E-state index contributed by atoms with van der Waals surface area (Å²) in [5, 5.41) is 2.74. The van der Waals surface area contributed by atoms with E-state index in [2.05, 4.69) is 12.2 Å². The Morgan fingerprint density at radius 1 is 1.04 bits per heavy atom. The molecule has 1 N–H and O–H groups in total. The monoisotopic (exact) mass is 341 g/mol. The Morgan fingerprint density at radius 3 is 2.32 bits per heavy atom. The third-order valence-corrected chi connectivity index (χ3v) is 3.91. The highest BCUT2D eigenvalue weighted by Gasteiger charge is 2.13. The Hall–Kier alpha value is -2.82. The van der Waals surface area contributed by atoms with Crippen LogP contribution in [0.2, 0.25) is 0 Å². The summed E-state index contributed by atoms with van der Waals surface area (Å²) in [4.78, 5) is 23.9. The van der Waals surface area contributed by atoms with E-state index in [9.17, 15) is 9.59 Å². The molecule has 2 aromatic rings. The molecule has 0 atom stereocenters. The molecule has 132 valence electrons. The molecule has 25 heavy (non-hydrogen) atoms. The summed E-state index contributed by atoms with van der Waals surface area (Å²) in [5.74, 6) is -0.192. The molecular formula is C20H23NO4. The van der Waals surface area contributed by atoms with Crippen LogP contribution in [0.4, 0.5) is 0 Å². The molecule has 5 nitrogen and oxygen atoms in total. The molecule has 2 rings (SSSR count). The van der Waals surface area contributed by atoms with Crippen LogP contribution in [0.15, 0.2) is 42.5 Å². The number of hydrogen-bond acceptors (Lipinski definition) is 4. The first-order valence-electron chi connectivity index (χ1n) is 8.19. The first-order valence-corrected chi connectivity index (χ1v) is 8.19. The number of rotatable bonds is 7. The molecule has 0 aromatic heterocycles. The van der Waals surface area contributed by atoms with Gasteiger partial charge < -0.3 is 14.8 Å². The van der Waals surface area contributed by atoms with Crippen LogP contribution in [-0.2, 0) is 22.5 Å². The number of carbonyl (C=O) groups excluding carboxylic acids is 2. The van der Waals surface area contributed by atoms with Crippen LogP contribution in [0, 0.1) is 6.92 Å². The van der Waals surface area contributed by atoms with Crippen molar-refractivity contribution in [1.82, 2.24) is 5.32 Å². The lowest BCUT2D eigenvalue weighted by Gasteiger charge is -2.09. The summed E-state index contributed by atoms with van der Waals surface area (Å²) >= 11 is 0. The molecule has 0 aliphatic heterocycles. The summed E-state index contributed by atoms with van der Waals surface area (Å²) < 4.78 is 10.2. The number of hydrogen-bond donors (Lipinski definition) is 1. The number of benzene rings is 2. The van der Waals surface area contributed by atoms with Gasteiger partial charge in [0, 0.05) is 6.54 Å². The fourth-order valence-electron chi connectivity index (χ4n) is 2.35. The molecule has 0 radical (unpaired) electrons. The Bertz CT molecular complexity index is 738. The molecule has 0 heterocycles. The number of aryl methyl sites for hydroxylation is 2. The van der Waals surface area contributed by atoms with Gasteiger partial charge in [0.2, 0.25) is 0 Å². The van der Waals surface area contributed by atoms with Crippen molar-refractivity contribution >= 4 is 11.9 Å². The van der Waals surface area contributed by atoms with Gasteiger partial charge >= 0.3 is 5.97 Å². The molecule has 0 saturated carbocycles. The number of nitrogens with one attached hydrogen (secondary N) is 1. The molecular weight excluding hydrogens is 318 g/mol. The van der Waals surface area contributed by atoms with Crippen LogP contribution in [0.25, 0.3) is 0 Å². The summed E-state index contributed by atoms with van der Waals surface area (Å²) in [6, 6.07) is 13.1. The van der Waals surface area contributed by atoms with Gasteiger partial charge in [-0.2, -0.15) is 0 Å². The van der Waals surface area contributed by atoms with Gasteiger partial charge in [-0.1, -0.05) is 31.2 Å². The second-order valence-corrected chi connectivity index (χ2v) is 5.70. The molecule has 0 aliphatic carbocycles. The lowest BCUT2D eigenvalue weighted by molar-refractivity contribution is -0.124. The maximum atomic E-state index is 12.1. The van der Waals surface area contributed by atoms with Crippen LogP contribution in [0.5, 0.6) is 5.75 Å². The van der Waals surface area contributed by atoms with Crippen LogP contribution in [-0.4, -0.2) is 25.6 Å². The van der Waals surface area contributed by atoms with Crippen molar-refractivity contribution in [1.29, 1.82) is 0 Å². The highest BCUT2D eigenvalue weighted by Crippen LogP contribution is 2.17. The van der Waals surface area contributed by atoms with E-state index in [1.165, 1.54) is 5.56 Å². The minimum Gasteiger partial charge on any atom is -0.497 e. The van der Waals surface area contributed by atoms with Gasteiger partial charge in [-0.15, -0.1) is 0 Å². The van der Waals surface area contributed by atoms with Crippen molar-refractivity contribution in [3.05, 3.63) is 64.7 Å². The standard InChI is InChI=1S/C20H23NO4/c1-4-15-5-7-16(8-6-15)12-21-19(22)13-25-20(23)18-10-9-17(24-3)11-14(18)2/h5-11H,4,12-13H2,1-3H3,(H,21,22). The number of carbonyl (C=O) groups is 2. The molecule has 0 fully saturated rings. The predicted molar refractivity (Wildman–Crippen MR) is 95.7 cm³/mol. The van der Waals surface area contributed by atoms with Crippen molar-refractivity contribution in [3.63, 3.8) is 0 Å². The van der Waals surface area contributed by atoms with Gasteiger partial charge in [0.05, 0.1) is 12.7 Å². The normalized spacial score (nSPS) is 10.2. The summed E-state index contributed by atoms with van der Waals surface area (Å²) in [5.41, 5.74) is 3.41. The quantitative estimate of drug-likeness (QED) is 0.786. The number of amides is 1. The third-order valence-electron chi connectivity index (χ3n) is 3.91. The van der Waals surface area contributed by atoms with E-state index >= 15 is 0 Å². The molecule has 2 aromatic carbocycles. The fourth-order valence-corrected chi connectivity index (χ4v) is 2.35. The van der Waals surface area contributed by atoms with E-state index in [0.717, 1.165) is 17.5 Å². The lowest BCUT2D eigenvalue weighted by atomic mass is 10.1. The van der Waals surface area contributed by atoms with E-state index in [4.69, 9.17) is 9.47 Å². The van der Waals surface area contributed by atoms with Gasteiger partial charge in [-0.05, 0) is 48.2 Å². The first kappa shape index (κ1) is 18.5. The third kappa shape index (κ3) is 5.35. The van der Waals surface area contributed by atoms with Crippen LogP contribution >= 0.6 is 0 Å². The minimum absolute atomic E-state index is 0.308. The zero-order valence-electron chi connectivity index (χ0n) is 14.8. The maximum absolute atomic E-state index is 12.1. The highest BCUT2D eigenvalue weighted by molar-refractivity contribution is 5.92. The van der Waals surface area contributed by atoms with Crippen molar-refractivity contribution in [2.75, 3.05) is 13.7 Å². The molecule has 0 bridgehead atoms. The van der Waals surface area contributed by atoms with Crippen molar-refractivity contribution in [2.24, 2.45) is 0 Å². The minimum atomic E-state index is -0.525. The number of esters is 1. The summed E-state index contributed by atoms with van der Waals surface area (Å²) in [6.45, 7) is 3.98. The van der Waals surface area contributed by atoms with E-state index in [1.807, 2.05) is 24.3 Å². The average molecular weight is 341 g/mol. The Morgan fingerprint density at radius 2 is 1.72 bits per heavy atom. The van der Waals surface area contributed by atoms with Crippen LogP contribution in [0.1, 0.15) is 34.0 Å². The zero-order chi connectivity index (χ0) is 18.2. The van der Waals surface area contributed by atoms with Crippen molar-refractivity contribution in [3.8, 4) is 5.75 Å². The Kier molecular flexibility index (Phi) is 6.57. The van der Waals surface area contributed by atoms with Crippen molar-refractivity contribution < 1.29 is 19.1 Å². The first-order chi connectivity index (χ1) is 12.0. The molecule has 5 heteroatoms. The smallest absolute Gasteiger partial charge is 0.338 e. The number of ether oxygens (including phenoxy) is 2. The van der Waals surface area contributed by atoms with E-state index in [-0.39, 0.29) is 12.5 Å². The summed E-state index contributed by atoms with van der Waals surface area (Å²) in [7, 11) is 1.56. The molecule has 1 amide bonds. The second kappa shape index (κ2) is 8.87. The maximum Gasteiger partial charge on any atom is 0.338 e. The van der Waals surface area contributed by atoms with E-state index < -0.39 is 5.97 Å². The Balaban J connectivity index is 1.81. The lowest BCUT2D eigenvalue weighted by Crippen LogP contribution is -2.28. The van der Waals surface area contributed by atoms with Crippen molar-refractivity contribution in [2.45, 2.75) is 26.8 Å². The second-order valence-electron chi connectivity index (χ2n) is 5.70. The van der Waals surface area contributed by atoms with E-state index in [1.54, 1.807) is 32.2 Å².